The third-order valence-electron chi connectivity index (χ3n) is 2.15. The maximum atomic E-state index is 11.3. The molecule has 0 saturated heterocycles. The molecule has 0 aliphatic carbocycles. The highest BCUT2D eigenvalue weighted by molar-refractivity contribution is 5.94. The SMILES string of the molecule is CCCCn1c(O)c(C(N)=O)c(=O)[nH]c1=O. The van der Waals surface area contributed by atoms with E-state index in [9.17, 15) is 19.5 Å². The number of aromatic nitrogens is 2. The molecule has 0 fully saturated rings. The molecule has 7 nitrogen and oxygen atoms in total. The Labute approximate surface area is 90.5 Å². The molecule has 0 spiro atoms. The lowest BCUT2D eigenvalue weighted by Crippen LogP contribution is -2.35. The third-order valence-corrected chi connectivity index (χ3v) is 2.15. The molecule has 4 N–H and O–H groups in total. The van der Waals surface area contributed by atoms with Gasteiger partial charge in [0.2, 0.25) is 5.88 Å². The van der Waals surface area contributed by atoms with Gasteiger partial charge in [0.15, 0.2) is 5.56 Å². The summed E-state index contributed by atoms with van der Waals surface area (Å²) in [4.78, 5) is 35.4. The quantitative estimate of drug-likeness (QED) is 0.620. The van der Waals surface area contributed by atoms with Crippen LogP contribution in [0.3, 0.4) is 0 Å². The lowest BCUT2D eigenvalue weighted by molar-refractivity contribution is 0.0994. The highest BCUT2D eigenvalue weighted by Crippen LogP contribution is 2.09. The Kier molecular flexibility index (Phi) is 3.49. The number of nitrogens with two attached hydrogens (primary N) is 1. The minimum Gasteiger partial charge on any atom is -0.494 e. The average molecular weight is 227 g/mol. The van der Waals surface area contributed by atoms with Gasteiger partial charge in [-0.15, -0.1) is 0 Å². The molecule has 0 atom stereocenters. The van der Waals surface area contributed by atoms with Gasteiger partial charge in [0.25, 0.3) is 11.5 Å². The number of carbonyl (C=O) groups is 1. The molecule has 7 heteroatoms. The number of hydrogen-bond acceptors (Lipinski definition) is 4. The van der Waals surface area contributed by atoms with Crippen molar-refractivity contribution in [1.82, 2.24) is 9.55 Å². The smallest absolute Gasteiger partial charge is 0.331 e. The maximum Gasteiger partial charge on any atom is 0.331 e. The van der Waals surface area contributed by atoms with Crippen LogP contribution in [0.25, 0.3) is 0 Å². The zero-order chi connectivity index (χ0) is 12.3. The lowest BCUT2D eigenvalue weighted by atomic mass is 10.3. The number of aromatic amines is 1. The average Bonchev–Trinajstić information content (AvgIpc) is 2.16. The van der Waals surface area contributed by atoms with E-state index < -0.39 is 28.6 Å². The molecule has 0 radical (unpaired) electrons. The predicted octanol–water partition coefficient (Wildman–Crippen LogP) is -0.859. The van der Waals surface area contributed by atoms with Crippen LogP contribution >= 0.6 is 0 Å². The van der Waals surface area contributed by atoms with Crippen LogP contribution in [0.5, 0.6) is 5.88 Å². The number of unbranched alkanes of at least 4 members (excludes halogenated alkanes) is 1. The Hall–Kier alpha value is -2.05. The normalized spacial score (nSPS) is 10.3. The van der Waals surface area contributed by atoms with Gasteiger partial charge in [-0.3, -0.25) is 19.1 Å². The molecule has 1 aromatic heterocycles. The number of H-pyrrole nitrogens is 1. The summed E-state index contributed by atoms with van der Waals surface area (Å²) in [5.41, 5.74) is 2.62. The van der Waals surface area contributed by atoms with Crippen molar-refractivity contribution in [2.75, 3.05) is 0 Å². The second kappa shape index (κ2) is 4.65. The van der Waals surface area contributed by atoms with Crippen molar-refractivity contribution in [2.45, 2.75) is 26.3 Å². The van der Waals surface area contributed by atoms with Crippen molar-refractivity contribution in [1.29, 1.82) is 0 Å². The Morgan fingerprint density at radius 3 is 2.62 bits per heavy atom. The van der Waals surface area contributed by atoms with E-state index in [4.69, 9.17) is 5.73 Å². The monoisotopic (exact) mass is 227 g/mol. The zero-order valence-corrected chi connectivity index (χ0v) is 8.82. The van der Waals surface area contributed by atoms with Crippen LogP contribution < -0.4 is 17.0 Å². The molecular weight excluding hydrogens is 214 g/mol. The van der Waals surface area contributed by atoms with Crippen molar-refractivity contribution in [3.63, 3.8) is 0 Å². The second-order valence-electron chi connectivity index (χ2n) is 3.33. The molecule has 0 aromatic carbocycles. The summed E-state index contributed by atoms with van der Waals surface area (Å²) in [5.74, 6) is -1.74. The van der Waals surface area contributed by atoms with Gasteiger partial charge in [-0.25, -0.2) is 4.79 Å². The van der Waals surface area contributed by atoms with E-state index in [0.29, 0.717) is 6.42 Å². The van der Waals surface area contributed by atoms with Gasteiger partial charge in [-0.05, 0) is 6.42 Å². The number of hydrogen-bond donors (Lipinski definition) is 3. The topological polar surface area (TPSA) is 118 Å². The number of nitrogens with zero attached hydrogens (tertiary/aromatic N) is 1. The summed E-state index contributed by atoms with van der Waals surface area (Å²) in [6, 6.07) is 0. The van der Waals surface area contributed by atoms with Crippen LogP contribution in [0.1, 0.15) is 30.1 Å². The van der Waals surface area contributed by atoms with E-state index in [1.54, 1.807) is 0 Å². The van der Waals surface area contributed by atoms with Gasteiger partial charge in [-0.1, -0.05) is 13.3 Å². The number of amides is 1. The van der Waals surface area contributed by atoms with Crippen molar-refractivity contribution < 1.29 is 9.90 Å². The standard InChI is InChI=1S/C9H13N3O4/c1-2-3-4-12-8(15)5(6(10)13)7(14)11-9(12)16/h15H,2-4H2,1H3,(H2,10,13)(H,11,14,16). The highest BCUT2D eigenvalue weighted by Gasteiger charge is 2.17. The Balaban J connectivity index is 3.39. The first kappa shape index (κ1) is 12.0. The van der Waals surface area contributed by atoms with E-state index in [1.807, 2.05) is 11.9 Å². The molecule has 0 aliphatic rings. The van der Waals surface area contributed by atoms with Crippen LogP contribution in [-0.4, -0.2) is 20.6 Å². The van der Waals surface area contributed by atoms with E-state index in [1.165, 1.54) is 0 Å². The summed E-state index contributed by atoms with van der Waals surface area (Å²) in [6.07, 6.45) is 1.44. The highest BCUT2D eigenvalue weighted by atomic mass is 16.3. The van der Waals surface area contributed by atoms with E-state index in [2.05, 4.69) is 0 Å². The van der Waals surface area contributed by atoms with E-state index in [-0.39, 0.29) is 6.54 Å². The number of carbonyl (C=O) groups excluding carboxylic acids is 1. The summed E-state index contributed by atoms with van der Waals surface area (Å²) < 4.78 is 0.922. The Morgan fingerprint density at radius 1 is 1.50 bits per heavy atom. The van der Waals surface area contributed by atoms with Crippen LogP contribution in [0.15, 0.2) is 9.59 Å². The molecule has 1 aromatic rings. The number of aromatic hydroxyl groups is 1. The maximum absolute atomic E-state index is 11.3. The van der Waals surface area contributed by atoms with Crippen molar-refractivity contribution in [3.05, 3.63) is 26.4 Å². The fraction of sp³-hybridized carbons (Fsp3) is 0.444. The lowest BCUT2D eigenvalue weighted by Gasteiger charge is -2.08. The molecule has 1 heterocycles. The van der Waals surface area contributed by atoms with Gasteiger partial charge in [-0.2, -0.15) is 0 Å². The minimum atomic E-state index is -1.07. The molecule has 1 amide bonds. The third kappa shape index (κ3) is 2.13. The second-order valence-corrected chi connectivity index (χ2v) is 3.33. The minimum absolute atomic E-state index is 0.220. The first-order valence-corrected chi connectivity index (χ1v) is 4.85. The Bertz CT molecular complexity index is 514. The molecule has 0 saturated carbocycles. The van der Waals surface area contributed by atoms with Gasteiger partial charge in [0.05, 0.1) is 0 Å². The largest absolute Gasteiger partial charge is 0.494 e. The molecule has 0 bridgehead atoms. The molecule has 16 heavy (non-hydrogen) atoms. The van der Waals surface area contributed by atoms with Gasteiger partial charge in [0.1, 0.15) is 0 Å². The molecule has 88 valence electrons. The van der Waals surface area contributed by atoms with Gasteiger partial charge < -0.3 is 10.8 Å². The summed E-state index contributed by atoms with van der Waals surface area (Å²) in [5, 5.41) is 9.59. The van der Waals surface area contributed by atoms with Crippen molar-refractivity contribution in [2.24, 2.45) is 5.73 Å². The number of rotatable bonds is 4. The first-order chi connectivity index (χ1) is 7.49. The van der Waals surface area contributed by atoms with Crippen LogP contribution in [0.4, 0.5) is 0 Å². The molecule has 0 unspecified atom stereocenters. The Morgan fingerprint density at radius 2 is 2.12 bits per heavy atom. The van der Waals surface area contributed by atoms with Crippen molar-refractivity contribution >= 4 is 5.91 Å². The number of primary amides is 1. The molecular formula is C9H13N3O4. The number of nitrogens with one attached hydrogen (secondary N) is 1. The summed E-state index contributed by atoms with van der Waals surface area (Å²) in [7, 11) is 0. The van der Waals surface area contributed by atoms with Crippen LogP contribution in [0, 0.1) is 0 Å². The summed E-state index contributed by atoms with van der Waals surface area (Å²) >= 11 is 0. The zero-order valence-electron chi connectivity index (χ0n) is 8.82. The van der Waals surface area contributed by atoms with E-state index >= 15 is 0 Å². The molecule has 1 rings (SSSR count). The fourth-order valence-corrected chi connectivity index (χ4v) is 1.31. The fourth-order valence-electron chi connectivity index (χ4n) is 1.31. The van der Waals surface area contributed by atoms with E-state index in [0.717, 1.165) is 11.0 Å². The van der Waals surface area contributed by atoms with Crippen molar-refractivity contribution in [3.8, 4) is 5.88 Å². The predicted molar refractivity (Wildman–Crippen MR) is 56.4 cm³/mol. The molecule has 0 aliphatic heterocycles. The van der Waals surface area contributed by atoms with Crippen LogP contribution in [0.2, 0.25) is 0 Å². The summed E-state index contributed by atoms with van der Waals surface area (Å²) in [6.45, 7) is 2.13. The van der Waals surface area contributed by atoms with Crippen LogP contribution in [-0.2, 0) is 6.54 Å². The van der Waals surface area contributed by atoms with Gasteiger partial charge in [0, 0.05) is 6.54 Å². The van der Waals surface area contributed by atoms with Gasteiger partial charge >= 0.3 is 5.69 Å². The first-order valence-electron chi connectivity index (χ1n) is 4.85.